The number of hydrogen-bond acceptors (Lipinski definition) is 7. The first-order valence-electron chi connectivity index (χ1n) is 10.8. The summed E-state index contributed by atoms with van der Waals surface area (Å²) in [5.41, 5.74) is -1.21. The van der Waals surface area contributed by atoms with Crippen molar-refractivity contribution in [1.82, 2.24) is 14.3 Å². The summed E-state index contributed by atoms with van der Waals surface area (Å²) >= 11 is 0. The Hall–Kier alpha value is -2.08. The van der Waals surface area contributed by atoms with Gasteiger partial charge >= 0.3 is 0 Å². The van der Waals surface area contributed by atoms with Crippen LogP contribution in [0.15, 0.2) is 6.20 Å². The van der Waals surface area contributed by atoms with Crippen molar-refractivity contribution in [3.8, 4) is 5.75 Å². The zero-order chi connectivity index (χ0) is 23.3. The minimum absolute atomic E-state index is 0. The van der Waals surface area contributed by atoms with Crippen molar-refractivity contribution in [1.29, 1.82) is 0 Å². The maximum Gasteiger partial charge on any atom is 0.272 e. The molecule has 2 aliphatic heterocycles. The fourth-order valence-electron chi connectivity index (χ4n) is 4.60. The number of anilines is 2. The van der Waals surface area contributed by atoms with Crippen LogP contribution in [0.1, 0.15) is 53.8 Å². The third kappa shape index (κ3) is 4.66. The summed E-state index contributed by atoms with van der Waals surface area (Å²) in [5.74, 6) is -2.50. The quantitative estimate of drug-likeness (QED) is 0.714. The molecule has 1 aromatic rings. The number of carbonyl (C=O) groups excluding carboxylic acids is 1. The Labute approximate surface area is 188 Å². The number of nitrogens with one attached hydrogen (secondary N) is 1. The van der Waals surface area contributed by atoms with Crippen LogP contribution in [-0.4, -0.2) is 71.6 Å². The molecule has 32 heavy (non-hydrogen) atoms. The SMILES string of the molecule is CC1(C)Oc2cnc(NC3CCN(S(C)(=O)=O)CC3)nc2N([C@H]2CCCC(F)(F)C2)C1=O.[HH]. The minimum atomic E-state index is -3.23. The molecule has 2 fully saturated rings. The average molecular weight is 476 g/mol. The topological polar surface area (TPSA) is 105 Å². The van der Waals surface area contributed by atoms with Crippen molar-refractivity contribution in [2.75, 3.05) is 29.6 Å². The van der Waals surface area contributed by atoms with Gasteiger partial charge in [-0.1, -0.05) is 0 Å². The van der Waals surface area contributed by atoms with Gasteiger partial charge in [0.05, 0.1) is 12.5 Å². The molecule has 4 rings (SSSR count). The van der Waals surface area contributed by atoms with Gasteiger partial charge in [0, 0.05) is 39.4 Å². The van der Waals surface area contributed by atoms with Gasteiger partial charge in [0.1, 0.15) is 0 Å². The lowest BCUT2D eigenvalue weighted by atomic mass is 9.89. The van der Waals surface area contributed by atoms with Gasteiger partial charge in [0.25, 0.3) is 5.91 Å². The highest BCUT2D eigenvalue weighted by molar-refractivity contribution is 7.88. The van der Waals surface area contributed by atoms with Crippen LogP contribution in [0.2, 0.25) is 0 Å². The van der Waals surface area contributed by atoms with E-state index < -0.39 is 39.9 Å². The summed E-state index contributed by atoms with van der Waals surface area (Å²) in [6.45, 7) is 3.99. The standard InChI is InChI=1S/C20H29F2N5O4S.H2/c1-19(2)17(28)27(14-5-4-8-20(21,22)11-14)16-15(31-19)12-23-18(25-16)24-13-6-9-26(10-7-13)32(3,29)30;/h12-14H,4-11H2,1-3H3,(H,23,24,25);1H/t14-;/m0./s1. The van der Waals surface area contributed by atoms with Gasteiger partial charge in [0.2, 0.25) is 21.9 Å². The zero-order valence-corrected chi connectivity index (χ0v) is 19.3. The van der Waals surface area contributed by atoms with Gasteiger partial charge in [-0.3, -0.25) is 9.69 Å². The van der Waals surface area contributed by atoms with Gasteiger partial charge in [0.15, 0.2) is 17.2 Å². The molecule has 9 nitrogen and oxygen atoms in total. The number of hydrogen-bond donors (Lipinski definition) is 1. The lowest BCUT2D eigenvalue weighted by molar-refractivity contribution is -0.134. The molecular formula is C20H31F2N5O4S. The molecule has 12 heteroatoms. The van der Waals surface area contributed by atoms with Gasteiger partial charge in [-0.25, -0.2) is 26.5 Å². The molecule has 1 aliphatic carbocycles. The molecule has 0 bridgehead atoms. The monoisotopic (exact) mass is 475 g/mol. The van der Waals surface area contributed by atoms with Crippen LogP contribution in [-0.2, 0) is 14.8 Å². The van der Waals surface area contributed by atoms with E-state index >= 15 is 0 Å². The van der Waals surface area contributed by atoms with Crippen molar-refractivity contribution < 1.29 is 28.2 Å². The molecule has 3 aliphatic rings. The number of ether oxygens (including phenoxy) is 1. The van der Waals surface area contributed by atoms with E-state index in [2.05, 4.69) is 15.3 Å². The molecule has 3 heterocycles. The zero-order valence-electron chi connectivity index (χ0n) is 18.5. The van der Waals surface area contributed by atoms with E-state index in [0.29, 0.717) is 38.8 Å². The van der Waals surface area contributed by atoms with Crippen LogP contribution in [0.25, 0.3) is 0 Å². The third-order valence-electron chi connectivity index (χ3n) is 6.30. The fraction of sp³-hybridized carbons (Fsp3) is 0.750. The summed E-state index contributed by atoms with van der Waals surface area (Å²) in [7, 11) is -3.23. The van der Waals surface area contributed by atoms with Gasteiger partial charge in [-0.05, 0) is 39.5 Å². The average Bonchev–Trinajstić information content (AvgIpc) is 2.68. The molecular weight excluding hydrogens is 444 g/mol. The Kier molecular flexibility index (Phi) is 5.81. The highest BCUT2D eigenvalue weighted by atomic mass is 32.2. The lowest BCUT2D eigenvalue weighted by Crippen LogP contribution is -2.58. The molecule has 1 amide bonds. The van der Waals surface area contributed by atoms with Crippen LogP contribution in [0.5, 0.6) is 5.75 Å². The van der Waals surface area contributed by atoms with E-state index in [-0.39, 0.29) is 31.4 Å². The van der Waals surface area contributed by atoms with E-state index in [9.17, 15) is 22.0 Å². The Bertz CT molecular complexity index is 1000. The number of nitrogens with zero attached hydrogens (tertiary/aromatic N) is 4. The van der Waals surface area contributed by atoms with Gasteiger partial charge in [-0.2, -0.15) is 4.98 Å². The van der Waals surface area contributed by atoms with E-state index in [1.165, 1.54) is 21.7 Å². The molecule has 1 saturated heterocycles. The van der Waals surface area contributed by atoms with Gasteiger partial charge < -0.3 is 10.1 Å². The second-order valence-electron chi connectivity index (χ2n) is 9.36. The van der Waals surface area contributed by atoms with Crippen molar-refractivity contribution in [3.63, 3.8) is 0 Å². The van der Waals surface area contributed by atoms with Crippen molar-refractivity contribution >= 4 is 27.7 Å². The summed E-state index contributed by atoms with van der Waals surface area (Å²) in [5, 5.41) is 3.19. The Morgan fingerprint density at radius 1 is 1.25 bits per heavy atom. The van der Waals surface area contributed by atoms with E-state index in [4.69, 9.17) is 4.74 Å². The maximum absolute atomic E-state index is 14.1. The Morgan fingerprint density at radius 3 is 2.56 bits per heavy atom. The molecule has 1 aromatic heterocycles. The second-order valence-corrected chi connectivity index (χ2v) is 11.3. The molecule has 1 N–H and O–H groups in total. The molecule has 1 saturated carbocycles. The minimum Gasteiger partial charge on any atom is -0.472 e. The van der Waals surface area contributed by atoms with Crippen LogP contribution >= 0.6 is 0 Å². The number of fused-ring (bicyclic) bond motifs is 1. The largest absolute Gasteiger partial charge is 0.472 e. The summed E-state index contributed by atoms with van der Waals surface area (Å²) < 4.78 is 58.9. The fourth-order valence-corrected chi connectivity index (χ4v) is 5.47. The first-order valence-corrected chi connectivity index (χ1v) is 12.7. The molecule has 0 unspecified atom stereocenters. The summed E-state index contributed by atoms with van der Waals surface area (Å²) in [6, 6.07) is -0.718. The second kappa shape index (κ2) is 8.05. The number of carbonyl (C=O) groups is 1. The Balaban J connectivity index is 0.00000306. The third-order valence-corrected chi connectivity index (χ3v) is 7.60. The van der Waals surface area contributed by atoms with E-state index in [1.807, 2.05) is 0 Å². The lowest BCUT2D eigenvalue weighted by Gasteiger charge is -2.43. The predicted octanol–water partition coefficient (Wildman–Crippen LogP) is 2.64. The van der Waals surface area contributed by atoms with Gasteiger partial charge in [-0.15, -0.1) is 0 Å². The number of amides is 1. The van der Waals surface area contributed by atoms with Crippen LogP contribution < -0.4 is 15.0 Å². The number of piperidine rings is 1. The number of aromatic nitrogens is 2. The van der Waals surface area contributed by atoms with Crippen LogP contribution in [0, 0.1) is 0 Å². The number of rotatable bonds is 4. The Morgan fingerprint density at radius 2 is 1.94 bits per heavy atom. The maximum atomic E-state index is 14.1. The van der Waals surface area contributed by atoms with E-state index in [1.54, 1.807) is 13.8 Å². The van der Waals surface area contributed by atoms with Crippen molar-refractivity contribution in [2.24, 2.45) is 0 Å². The highest BCUT2D eigenvalue weighted by Gasteiger charge is 2.48. The smallest absolute Gasteiger partial charge is 0.272 e. The van der Waals surface area contributed by atoms with Crippen molar-refractivity contribution in [2.45, 2.75) is 76.0 Å². The molecule has 0 spiro atoms. The molecule has 180 valence electrons. The van der Waals surface area contributed by atoms with Crippen LogP contribution in [0.3, 0.4) is 0 Å². The molecule has 0 aromatic carbocycles. The first-order chi connectivity index (χ1) is 14.9. The summed E-state index contributed by atoms with van der Waals surface area (Å²) in [6.07, 6.45) is 4.00. The predicted molar refractivity (Wildman–Crippen MR) is 117 cm³/mol. The first kappa shape index (κ1) is 23.1. The number of halogens is 2. The highest BCUT2D eigenvalue weighted by Crippen LogP contribution is 2.43. The number of sulfonamides is 1. The van der Waals surface area contributed by atoms with E-state index in [0.717, 1.165) is 0 Å². The molecule has 0 radical (unpaired) electrons. The normalized spacial score (nSPS) is 26.3. The van der Waals surface area contributed by atoms with Crippen LogP contribution in [0.4, 0.5) is 20.5 Å². The molecule has 1 atom stereocenters. The number of alkyl halides is 2. The summed E-state index contributed by atoms with van der Waals surface area (Å²) in [4.78, 5) is 23.3. The van der Waals surface area contributed by atoms with Crippen molar-refractivity contribution in [3.05, 3.63) is 6.20 Å².